The SMILES string of the molecule is Cc1c(F)c(Cl)c(S(=O)(=O)O)c2[nH]cc(C(=O)O)c(=O)c12. The standard InChI is InChI=1S/C11H7ClFNO6S/c1-3-5-8(14-2-4(9(5)15)11(16)17)10(21(18,19)20)6(12)7(3)13/h2H,1H3,(H,14,15)(H,16,17)(H,18,19,20). The minimum atomic E-state index is -4.94. The van der Waals surface area contributed by atoms with Crippen molar-refractivity contribution in [3.8, 4) is 0 Å². The summed E-state index contributed by atoms with van der Waals surface area (Å²) in [5.41, 5.74) is -2.58. The van der Waals surface area contributed by atoms with Gasteiger partial charge in [0.15, 0.2) is 0 Å². The first kappa shape index (κ1) is 15.4. The minimum Gasteiger partial charge on any atom is -0.477 e. The van der Waals surface area contributed by atoms with Gasteiger partial charge >= 0.3 is 5.97 Å². The maximum absolute atomic E-state index is 14.0. The molecule has 0 saturated carbocycles. The number of aryl methyl sites for hydroxylation is 1. The van der Waals surface area contributed by atoms with E-state index in [4.69, 9.17) is 21.3 Å². The van der Waals surface area contributed by atoms with Gasteiger partial charge in [0.05, 0.1) is 15.9 Å². The fraction of sp³-hybridized carbons (Fsp3) is 0.0909. The molecule has 0 spiro atoms. The third-order valence-corrected chi connectivity index (χ3v) is 4.29. The fourth-order valence-electron chi connectivity index (χ4n) is 1.95. The number of pyridine rings is 1. The zero-order chi connectivity index (χ0) is 16.1. The normalized spacial score (nSPS) is 11.8. The Labute approximate surface area is 121 Å². The van der Waals surface area contributed by atoms with Gasteiger partial charge in [-0.3, -0.25) is 9.35 Å². The number of H-pyrrole nitrogens is 1. The van der Waals surface area contributed by atoms with Gasteiger partial charge in [0, 0.05) is 6.20 Å². The molecule has 0 radical (unpaired) electrons. The number of carboxylic acids is 1. The van der Waals surface area contributed by atoms with Crippen LogP contribution in [0.2, 0.25) is 5.02 Å². The predicted molar refractivity (Wildman–Crippen MR) is 71.0 cm³/mol. The number of hydrogen-bond acceptors (Lipinski definition) is 4. The molecule has 21 heavy (non-hydrogen) atoms. The summed E-state index contributed by atoms with van der Waals surface area (Å²) in [6.07, 6.45) is 0.745. The van der Waals surface area contributed by atoms with Gasteiger partial charge in [-0.25, -0.2) is 9.18 Å². The van der Waals surface area contributed by atoms with Gasteiger partial charge in [0.1, 0.15) is 16.3 Å². The van der Waals surface area contributed by atoms with E-state index in [1.54, 1.807) is 0 Å². The van der Waals surface area contributed by atoms with Crippen molar-refractivity contribution < 1.29 is 27.3 Å². The van der Waals surface area contributed by atoms with Crippen molar-refractivity contribution in [1.82, 2.24) is 4.98 Å². The number of aromatic amines is 1. The summed E-state index contributed by atoms with van der Waals surface area (Å²) >= 11 is 5.56. The number of halogens is 2. The van der Waals surface area contributed by atoms with Gasteiger partial charge in [-0.05, 0) is 12.5 Å². The average molecular weight is 336 g/mol. The van der Waals surface area contributed by atoms with Gasteiger partial charge in [0.25, 0.3) is 10.1 Å². The number of nitrogens with one attached hydrogen (secondary N) is 1. The third kappa shape index (κ3) is 2.28. The Morgan fingerprint density at radius 2 is 2.00 bits per heavy atom. The molecule has 7 nitrogen and oxygen atoms in total. The van der Waals surface area contributed by atoms with E-state index in [1.807, 2.05) is 0 Å². The first-order valence-electron chi connectivity index (χ1n) is 5.31. The molecule has 0 aliphatic heterocycles. The van der Waals surface area contributed by atoms with E-state index in [-0.39, 0.29) is 5.56 Å². The van der Waals surface area contributed by atoms with Crippen LogP contribution in [-0.4, -0.2) is 29.0 Å². The Kier molecular flexibility index (Phi) is 3.52. The van der Waals surface area contributed by atoms with Crippen molar-refractivity contribution in [3.63, 3.8) is 0 Å². The molecule has 10 heteroatoms. The topological polar surface area (TPSA) is 125 Å². The maximum Gasteiger partial charge on any atom is 0.341 e. The highest BCUT2D eigenvalue weighted by molar-refractivity contribution is 7.86. The minimum absolute atomic E-state index is 0.327. The summed E-state index contributed by atoms with van der Waals surface area (Å²) < 4.78 is 45.7. The molecule has 2 rings (SSSR count). The van der Waals surface area contributed by atoms with Crippen molar-refractivity contribution in [3.05, 3.63) is 38.4 Å². The van der Waals surface area contributed by atoms with Crippen LogP contribution < -0.4 is 5.43 Å². The molecule has 1 aromatic heterocycles. The van der Waals surface area contributed by atoms with E-state index in [2.05, 4.69) is 4.98 Å². The van der Waals surface area contributed by atoms with Crippen LogP contribution in [0, 0.1) is 12.7 Å². The molecule has 1 heterocycles. The lowest BCUT2D eigenvalue weighted by Crippen LogP contribution is -2.18. The number of aromatic carboxylic acids is 1. The molecule has 0 fully saturated rings. The highest BCUT2D eigenvalue weighted by Crippen LogP contribution is 2.33. The highest BCUT2D eigenvalue weighted by Gasteiger charge is 2.27. The number of hydrogen-bond donors (Lipinski definition) is 3. The summed E-state index contributed by atoms with van der Waals surface area (Å²) in [7, 11) is -4.94. The summed E-state index contributed by atoms with van der Waals surface area (Å²) in [5, 5.41) is 7.46. The van der Waals surface area contributed by atoms with Crippen LogP contribution in [0.1, 0.15) is 15.9 Å². The molecule has 0 atom stereocenters. The lowest BCUT2D eigenvalue weighted by atomic mass is 10.1. The lowest BCUT2D eigenvalue weighted by molar-refractivity contribution is 0.0695. The zero-order valence-electron chi connectivity index (χ0n) is 10.3. The van der Waals surface area contributed by atoms with Crippen molar-refractivity contribution >= 4 is 38.6 Å². The lowest BCUT2D eigenvalue weighted by Gasteiger charge is -2.11. The Hall–Kier alpha value is -1.97. The Bertz CT molecular complexity index is 950. The van der Waals surface area contributed by atoms with E-state index in [1.165, 1.54) is 0 Å². The summed E-state index contributed by atoms with van der Waals surface area (Å²) in [6.45, 7) is 1.14. The molecule has 2 aromatic rings. The molecular formula is C11H7ClFNO6S. The van der Waals surface area contributed by atoms with Crippen molar-refractivity contribution in [2.45, 2.75) is 11.8 Å². The van der Waals surface area contributed by atoms with Gasteiger partial charge in [-0.1, -0.05) is 11.6 Å². The number of fused-ring (bicyclic) bond motifs is 1. The molecule has 0 aliphatic carbocycles. The van der Waals surface area contributed by atoms with Crippen LogP contribution in [0.15, 0.2) is 15.9 Å². The Morgan fingerprint density at radius 1 is 1.43 bits per heavy atom. The molecule has 0 aliphatic rings. The predicted octanol–water partition coefficient (Wildman–Crippen LogP) is 1.57. The fourth-order valence-corrected chi connectivity index (χ4v) is 3.22. The maximum atomic E-state index is 14.0. The van der Waals surface area contributed by atoms with E-state index in [9.17, 15) is 22.4 Å². The van der Waals surface area contributed by atoms with E-state index in [0.29, 0.717) is 0 Å². The van der Waals surface area contributed by atoms with E-state index >= 15 is 0 Å². The molecule has 0 saturated heterocycles. The number of benzene rings is 1. The zero-order valence-corrected chi connectivity index (χ0v) is 11.8. The number of carbonyl (C=O) groups is 1. The van der Waals surface area contributed by atoms with Crippen molar-refractivity contribution in [1.29, 1.82) is 0 Å². The molecule has 1 aromatic carbocycles. The Balaban J connectivity index is 3.21. The second kappa shape index (κ2) is 4.79. The summed E-state index contributed by atoms with van der Waals surface area (Å²) in [5.74, 6) is -2.80. The van der Waals surface area contributed by atoms with Crippen molar-refractivity contribution in [2.75, 3.05) is 0 Å². The van der Waals surface area contributed by atoms with Crippen LogP contribution in [0.25, 0.3) is 10.9 Å². The molecule has 112 valence electrons. The average Bonchev–Trinajstić information content (AvgIpc) is 2.34. The number of carboxylic acid groups (broad SMARTS) is 1. The second-order valence-corrected chi connectivity index (χ2v) is 5.88. The molecular weight excluding hydrogens is 329 g/mol. The summed E-state index contributed by atoms with van der Waals surface area (Å²) in [4.78, 5) is 24.2. The molecule has 0 unspecified atom stereocenters. The van der Waals surface area contributed by atoms with Crippen LogP contribution >= 0.6 is 11.6 Å². The third-order valence-electron chi connectivity index (χ3n) is 2.89. The van der Waals surface area contributed by atoms with Gasteiger partial charge in [-0.2, -0.15) is 8.42 Å². The first-order chi connectivity index (χ1) is 9.57. The smallest absolute Gasteiger partial charge is 0.341 e. The monoisotopic (exact) mass is 335 g/mol. The highest BCUT2D eigenvalue weighted by atomic mass is 35.5. The van der Waals surface area contributed by atoms with E-state index < -0.39 is 53.7 Å². The molecule has 0 amide bonds. The molecule has 0 bridgehead atoms. The van der Waals surface area contributed by atoms with Gasteiger partial charge in [0.2, 0.25) is 5.43 Å². The quantitative estimate of drug-likeness (QED) is 0.715. The van der Waals surface area contributed by atoms with Gasteiger partial charge in [-0.15, -0.1) is 0 Å². The second-order valence-electron chi connectivity index (χ2n) is 4.14. The van der Waals surface area contributed by atoms with Gasteiger partial charge < -0.3 is 10.1 Å². The first-order valence-corrected chi connectivity index (χ1v) is 7.13. The van der Waals surface area contributed by atoms with Crippen LogP contribution in [0.4, 0.5) is 4.39 Å². The summed E-state index contributed by atoms with van der Waals surface area (Å²) in [6, 6.07) is 0. The Morgan fingerprint density at radius 3 is 2.48 bits per heavy atom. The number of aromatic nitrogens is 1. The number of rotatable bonds is 2. The van der Waals surface area contributed by atoms with E-state index in [0.717, 1.165) is 13.1 Å². The molecule has 3 N–H and O–H groups in total. The van der Waals surface area contributed by atoms with Crippen molar-refractivity contribution in [2.24, 2.45) is 0 Å². The largest absolute Gasteiger partial charge is 0.477 e. The van der Waals surface area contributed by atoms with Crippen LogP contribution in [0.5, 0.6) is 0 Å². The van der Waals surface area contributed by atoms with Crippen LogP contribution in [-0.2, 0) is 10.1 Å². The van der Waals surface area contributed by atoms with Crippen LogP contribution in [0.3, 0.4) is 0 Å².